The van der Waals surface area contributed by atoms with E-state index < -0.39 is 30.5 Å². The number of ether oxygens (including phenoxy) is 7. The SMILES string of the molecule is CCCOC(=O)OCCN[C@@H](Cc1ccc(OC(=O)OC)c(OC(=O)OC)c1)C(=O)OC. The standard InChI is InChI=1S/C20H27NO11/c1-5-9-29-20(25)30-10-8-21-14(17(22)26-2)11-13-6-7-15(31-18(23)27-3)16(12-13)32-19(24)28-4/h6-7,12,14,21H,5,8-11H2,1-4H3/t14-/m0/s1. The van der Waals surface area contributed by atoms with Crippen molar-refractivity contribution in [2.45, 2.75) is 25.8 Å². The summed E-state index contributed by atoms with van der Waals surface area (Å²) in [4.78, 5) is 46.4. The molecule has 0 aliphatic rings. The molecule has 0 spiro atoms. The van der Waals surface area contributed by atoms with E-state index in [1.807, 2.05) is 6.92 Å². The maximum absolute atomic E-state index is 12.1. The van der Waals surface area contributed by atoms with E-state index in [1.165, 1.54) is 19.2 Å². The van der Waals surface area contributed by atoms with E-state index in [1.54, 1.807) is 6.07 Å². The van der Waals surface area contributed by atoms with Crippen LogP contribution >= 0.6 is 0 Å². The Morgan fingerprint density at radius 2 is 1.47 bits per heavy atom. The van der Waals surface area contributed by atoms with Crippen molar-refractivity contribution in [2.24, 2.45) is 0 Å². The van der Waals surface area contributed by atoms with Gasteiger partial charge in [0, 0.05) is 6.54 Å². The van der Waals surface area contributed by atoms with Gasteiger partial charge in [0.05, 0.1) is 27.9 Å². The van der Waals surface area contributed by atoms with Crippen LogP contribution in [0.3, 0.4) is 0 Å². The number of carbonyl (C=O) groups is 4. The topological polar surface area (TPSA) is 145 Å². The van der Waals surface area contributed by atoms with E-state index in [4.69, 9.17) is 23.7 Å². The van der Waals surface area contributed by atoms with Gasteiger partial charge >= 0.3 is 24.4 Å². The van der Waals surface area contributed by atoms with Gasteiger partial charge in [-0.2, -0.15) is 0 Å². The number of hydrogen-bond acceptors (Lipinski definition) is 12. The van der Waals surface area contributed by atoms with Crippen molar-refractivity contribution in [1.82, 2.24) is 5.32 Å². The first-order chi connectivity index (χ1) is 15.3. The highest BCUT2D eigenvalue weighted by Crippen LogP contribution is 2.30. The zero-order valence-electron chi connectivity index (χ0n) is 18.3. The molecule has 0 radical (unpaired) electrons. The zero-order chi connectivity index (χ0) is 23.9. The van der Waals surface area contributed by atoms with E-state index >= 15 is 0 Å². The first-order valence-electron chi connectivity index (χ1n) is 9.59. The van der Waals surface area contributed by atoms with Crippen LogP contribution in [-0.2, 0) is 34.9 Å². The molecule has 12 nitrogen and oxygen atoms in total. The van der Waals surface area contributed by atoms with Crippen LogP contribution < -0.4 is 14.8 Å². The molecule has 0 saturated carbocycles. The van der Waals surface area contributed by atoms with E-state index in [0.717, 1.165) is 14.2 Å². The molecule has 12 heteroatoms. The molecule has 0 aliphatic carbocycles. The summed E-state index contributed by atoms with van der Waals surface area (Å²) in [6, 6.07) is 3.50. The molecule has 0 unspecified atom stereocenters. The number of nitrogens with one attached hydrogen (secondary N) is 1. The minimum Gasteiger partial charge on any atom is -0.468 e. The largest absolute Gasteiger partial charge is 0.513 e. The summed E-state index contributed by atoms with van der Waals surface area (Å²) >= 11 is 0. The lowest BCUT2D eigenvalue weighted by Gasteiger charge is -2.17. The van der Waals surface area contributed by atoms with Gasteiger partial charge in [-0.3, -0.25) is 4.79 Å². The Labute approximate surface area is 185 Å². The maximum atomic E-state index is 12.1. The molecule has 32 heavy (non-hydrogen) atoms. The normalized spacial score (nSPS) is 11.0. The lowest BCUT2D eigenvalue weighted by atomic mass is 10.1. The molecule has 0 fully saturated rings. The summed E-state index contributed by atoms with van der Waals surface area (Å²) in [5, 5.41) is 2.91. The van der Waals surface area contributed by atoms with Crippen LogP contribution in [0, 0.1) is 0 Å². The van der Waals surface area contributed by atoms with Gasteiger partial charge in [-0.15, -0.1) is 0 Å². The first-order valence-corrected chi connectivity index (χ1v) is 9.59. The van der Waals surface area contributed by atoms with Crippen molar-refractivity contribution in [3.05, 3.63) is 23.8 Å². The second-order valence-electron chi connectivity index (χ2n) is 6.07. The highest BCUT2D eigenvalue weighted by molar-refractivity contribution is 5.76. The second kappa shape index (κ2) is 14.5. The van der Waals surface area contributed by atoms with Gasteiger partial charge in [0.2, 0.25) is 0 Å². The van der Waals surface area contributed by atoms with Gasteiger partial charge in [-0.25, -0.2) is 14.4 Å². The van der Waals surface area contributed by atoms with Crippen LogP contribution in [0.25, 0.3) is 0 Å². The van der Waals surface area contributed by atoms with Crippen LogP contribution in [0.15, 0.2) is 18.2 Å². The number of esters is 1. The first kappa shape index (κ1) is 26.5. The quantitative estimate of drug-likeness (QED) is 0.225. The van der Waals surface area contributed by atoms with Crippen LogP contribution in [0.2, 0.25) is 0 Å². The van der Waals surface area contributed by atoms with Crippen LogP contribution in [0.1, 0.15) is 18.9 Å². The molecule has 0 bridgehead atoms. The molecule has 0 aliphatic heterocycles. The highest BCUT2D eigenvalue weighted by Gasteiger charge is 2.22. The molecule has 0 aromatic heterocycles. The molecule has 0 saturated heterocycles. The van der Waals surface area contributed by atoms with Gasteiger partial charge in [-0.1, -0.05) is 13.0 Å². The van der Waals surface area contributed by atoms with E-state index in [0.29, 0.717) is 12.0 Å². The maximum Gasteiger partial charge on any atom is 0.513 e. The molecule has 1 aromatic carbocycles. The fourth-order valence-electron chi connectivity index (χ4n) is 2.32. The van der Waals surface area contributed by atoms with Crippen molar-refractivity contribution in [3.63, 3.8) is 0 Å². The summed E-state index contributed by atoms with van der Waals surface area (Å²) in [5.41, 5.74) is 0.535. The predicted molar refractivity (Wildman–Crippen MR) is 108 cm³/mol. The van der Waals surface area contributed by atoms with Crippen molar-refractivity contribution in [3.8, 4) is 11.5 Å². The summed E-state index contributed by atoms with van der Waals surface area (Å²) < 4.78 is 33.3. The van der Waals surface area contributed by atoms with Gasteiger partial charge in [0.15, 0.2) is 11.5 Å². The van der Waals surface area contributed by atoms with Gasteiger partial charge < -0.3 is 38.5 Å². The lowest BCUT2D eigenvalue weighted by Crippen LogP contribution is -2.41. The molecule has 1 rings (SSSR count). The number of rotatable bonds is 11. The number of benzene rings is 1. The molecule has 0 heterocycles. The molecule has 1 aromatic rings. The fourth-order valence-corrected chi connectivity index (χ4v) is 2.32. The van der Waals surface area contributed by atoms with Crippen LogP contribution in [-0.4, -0.2) is 71.6 Å². The smallest absolute Gasteiger partial charge is 0.468 e. The number of carbonyl (C=O) groups excluding carboxylic acids is 4. The molecule has 0 amide bonds. The van der Waals surface area contributed by atoms with E-state index in [2.05, 4.69) is 14.8 Å². The third-order valence-corrected chi connectivity index (χ3v) is 3.79. The Bertz CT molecular complexity index is 781. The summed E-state index contributed by atoms with van der Waals surface area (Å²) in [6.07, 6.45) is -2.06. The van der Waals surface area contributed by atoms with Crippen molar-refractivity contribution < 1.29 is 52.3 Å². The summed E-state index contributed by atoms with van der Waals surface area (Å²) in [5.74, 6) is -0.776. The molecule has 1 N–H and O–H groups in total. The average Bonchev–Trinajstić information content (AvgIpc) is 2.80. The number of methoxy groups -OCH3 is 3. The molecule has 178 valence electrons. The summed E-state index contributed by atoms with van der Waals surface area (Å²) in [7, 11) is 3.47. The van der Waals surface area contributed by atoms with Gasteiger partial charge in [0.1, 0.15) is 12.6 Å². The van der Waals surface area contributed by atoms with Crippen molar-refractivity contribution in [2.75, 3.05) is 41.1 Å². The molecule has 1 atom stereocenters. The minimum atomic E-state index is -1.04. The fraction of sp³-hybridized carbons (Fsp3) is 0.500. The zero-order valence-corrected chi connectivity index (χ0v) is 18.3. The van der Waals surface area contributed by atoms with Gasteiger partial charge in [0.25, 0.3) is 0 Å². The Morgan fingerprint density at radius 3 is 2.06 bits per heavy atom. The van der Waals surface area contributed by atoms with Crippen molar-refractivity contribution >= 4 is 24.4 Å². The van der Waals surface area contributed by atoms with Crippen molar-refractivity contribution in [1.29, 1.82) is 0 Å². The third-order valence-electron chi connectivity index (χ3n) is 3.79. The van der Waals surface area contributed by atoms with Crippen LogP contribution in [0.5, 0.6) is 11.5 Å². The second-order valence-corrected chi connectivity index (χ2v) is 6.07. The Hall–Kier alpha value is -3.54. The highest BCUT2D eigenvalue weighted by atomic mass is 16.7. The van der Waals surface area contributed by atoms with E-state index in [-0.39, 0.29) is 37.7 Å². The predicted octanol–water partition coefficient (Wildman–Crippen LogP) is 2.21. The summed E-state index contributed by atoms with van der Waals surface area (Å²) in [6.45, 7) is 2.23. The Kier molecular flexibility index (Phi) is 12.0. The minimum absolute atomic E-state index is 0.0291. The number of hydrogen-bond donors (Lipinski definition) is 1. The molecular formula is C20H27NO11. The van der Waals surface area contributed by atoms with Gasteiger partial charge in [-0.05, 0) is 30.5 Å². The Morgan fingerprint density at radius 1 is 0.844 bits per heavy atom. The van der Waals surface area contributed by atoms with Crippen LogP contribution in [0.4, 0.5) is 14.4 Å². The lowest BCUT2D eigenvalue weighted by molar-refractivity contribution is -0.143. The Balaban J connectivity index is 2.86. The third kappa shape index (κ3) is 9.51. The van der Waals surface area contributed by atoms with E-state index in [9.17, 15) is 19.2 Å². The average molecular weight is 457 g/mol. The molecular weight excluding hydrogens is 430 g/mol. The monoisotopic (exact) mass is 457 g/mol.